The van der Waals surface area contributed by atoms with E-state index in [4.69, 9.17) is 9.63 Å². The number of carboxylic acid groups (broad SMARTS) is 1. The zero-order chi connectivity index (χ0) is 12.1. The van der Waals surface area contributed by atoms with Crippen molar-refractivity contribution in [2.45, 2.75) is 6.42 Å². The molecule has 0 aliphatic rings. The van der Waals surface area contributed by atoms with E-state index in [2.05, 4.69) is 20.4 Å². The first kappa shape index (κ1) is 11.1. The summed E-state index contributed by atoms with van der Waals surface area (Å²) in [5, 5.41) is 15.3. The Kier molecular flexibility index (Phi) is 3.29. The molecule has 2 N–H and O–H groups in total. The van der Waals surface area contributed by atoms with Crippen molar-refractivity contribution >= 4 is 11.8 Å². The number of pyridine rings is 1. The molecule has 0 amide bonds. The van der Waals surface area contributed by atoms with Crippen molar-refractivity contribution in [3.63, 3.8) is 0 Å². The molecule has 0 saturated heterocycles. The van der Waals surface area contributed by atoms with Crippen LogP contribution in [0.1, 0.15) is 16.2 Å². The summed E-state index contributed by atoms with van der Waals surface area (Å²) in [4.78, 5) is 18.7. The SMILES string of the molecule is O=C(O)c1cccnc1NCCc1ncno1. The van der Waals surface area contributed by atoms with Crippen LogP contribution in [0.25, 0.3) is 0 Å². The molecule has 0 atom stereocenters. The lowest BCUT2D eigenvalue weighted by molar-refractivity contribution is 0.0697. The first-order chi connectivity index (χ1) is 8.27. The Morgan fingerprint density at radius 3 is 3.06 bits per heavy atom. The fourth-order valence-corrected chi connectivity index (χ4v) is 1.31. The molecule has 0 radical (unpaired) electrons. The maximum absolute atomic E-state index is 10.9. The average molecular weight is 234 g/mol. The number of nitrogens with zero attached hydrogens (tertiary/aromatic N) is 3. The minimum absolute atomic E-state index is 0.137. The first-order valence-corrected chi connectivity index (χ1v) is 4.95. The lowest BCUT2D eigenvalue weighted by Gasteiger charge is -2.06. The van der Waals surface area contributed by atoms with Crippen molar-refractivity contribution in [1.82, 2.24) is 15.1 Å². The van der Waals surface area contributed by atoms with Crippen LogP contribution in [0.5, 0.6) is 0 Å². The third kappa shape index (κ3) is 2.77. The van der Waals surface area contributed by atoms with Gasteiger partial charge in [0.2, 0.25) is 5.89 Å². The van der Waals surface area contributed by atoms with Crippen molar-refractivity contribution in [3.8, 4) is 0 Å². The molecule has 2 heterocycles. The van der Waals surface area contributed by atoms with Gasteiger partial charge in [0.25, 0.3) is 0 Å². The maximum atomic E-state index is 10.9. The standard InChI is InChI=1S/C10H10N4O3/c15-10(16)7-2-1-4-11-9(7)12-5-3-8-13-6-14-17-8/h1-2,4,6H,3,5H2,(H,11,12)(H,15,16). The number of hydrogen-bond acceptors (Lipinski definition) is 6. The predicted octanol–water partition coefficient (Wildman–Crippen LogP) is 0.817. The van der Waals surface area contributed by atoms with Gasteiger partial charge in [0.1, 0.15) is 11.4 Å². The lowest BCUT2D eigenvalue weighted by Crippen LogP contribution is -2.11. The quantitative estimate of drug-likeness (QED) is 0.789. The van der Waals surface area contributed by atoms with E-state index in [-0.39, 0.29) is 5.56 Å². The number of carbonyl (C=O) groups is 1. The predicted molar refractivity (Wildman–Crippen MR) is 57.7 cm³/mol. The van der Waals surface area contributed by atoms with Crippen LogP contribution in [0.15, 0.2) is 29.2 Å². The highest BCUT2D eigenvalue weighted by Crippen LogP contribution is 2.10. The van der Waals surface area contributed by atoms with E-state index < -0.39 is 5.97 Å². The van der Waals surface area contributed by atoms with Crippen molar-refractivity contribution in [3.05, 3.63) is 36.1 Å². The van der Waals surface area contributed by atoms with Gasteiger partial charge in [0.15, 0.2) is 6.33 Å². The molecule has 17 heavy (non-hydrogen) atoms. The normalized spacial score (nSPS) is 10.1. The highest BCUT2D eigenvalue weighted by atomic mass is 16.5. The number of aromatic carboxylic acids is 1. The molecule has 0 spiro atoms. The summed E-state index contributed by atoms with van der Waals surface area (Å²) in [6.45, 7) is 0.472. The third-order valence-electron chi connectivity index (χ3n) is 2.08. The summed E-state index contributed by atoms with van der Waals surface area (Å²) < 4.78 is 4.81. The topological polar surface area (TPSA) is 101 Å². The number of anilines is 1. The van der Waals surface area contributed by atoms with Crippen LogP contribution in [0.2, 0.25) is 0 Å². The van der Waals surface area contributed by atoms with Gasteiger partial charge >= 0.3 is 5.97 Å². The molecule has 7 heteroatoms. The number of rotatable bonds is 5. The second-order valence-electron chi connectivity index (χ2n) is 3.22. The van der Waals surface area contributed by atoms with Crippen LogP contribution in [0.4, 0.5) is 5.82 Å². The Hall–Kier alpha value is -2.44. The van der Waals surface area contributed by atoms with Gasteiger partial charge in [0.05, 0.1) is 0 Å². The van der Waals surface area contributed by atoms with Crippen LogP contribution in [-0.2, 0) is 6.42 Å². The van der Waals surface area contributed by atoms with E-state index in [1.807, 2.05) is 0 Å². The van der Waals surface area contributed by atoms with Gasteiger partial charge in [-0.3, -0.25) is 0 Å². The van der Waals surface area contributed by atoms with E-state index in [9.17, 15) is 4.79 Å². The van der Waals surface area contributed by atoms with Gasteiger partial charge in [-0.05, 0) is 12.1 Å². The van der Waals surface area contributed by atoms with E-state index in [1.165, 1.54) is 18.6 Å². The number of aromatic nitrogens is 3. The molecule has 0 saturated carbocycles. The highest BCUT2D eigenvalue weighted by Gasteiger charge is 2.10. The van der Waals surface area contributed by atoms with Crippen molar-refractivity contribution in [2.75, 3.05) is 11.9 Å². The van der Waals surface area contributed by atoms with Gasteiger partial charge in [-0.1, -0.05) is 5.16 Å². The van der Waals surface area contributed by atoms with Crippen LogP contribution in [0, 0.1) is 0 Å². The minimum Gasteiger partial charge on any atom is -0.478 e. The summed E-state index contributed by atoms with van der Waals surface area (Å²) in [6.07, 6.45) is 3.36. The van der Waals surface area contributed by atoms with E-state index in [0.29, 0.717) is 24.7 Å². The lowest BCUT2D eigenvalue weighted by atomic mass is 10.2. The Morgan fingerprint density at radius 2 is 2.35 bits per heavy atom. The van der Waals surface area contributed by atoms with Gasteiger partial charge < -0.3 is 14.9 Å². The number of carboxylic acids is 1. The molecular weight excluding hydrogens is 224 g/mol. The van der Waals surface area contributed by atoms with Crippen LogP contribution >= 0.6 is 0 Å². The Morgan fingerprint density at radius 1 is 1.47 bits per heavy atom. The zero-order valence-corrected chi connectivity index (χ0v) is 8.83. The van der Waals surface area contributed by atoms with E-state index in [1.54, 1.807) is 6.07 Å². The molecule has 0 aliphatic heterocycles. The zero-order valence-electron chi connectivity index (χ0n) is 8.83. The second kappa shape index (κ2) is 5.06. The Balaban J connectivity index is 1.97. The summed E-state index contributed by atoms with van der Waals surface area (Å²) in [7, 11) is 0. The number of nitrogens with one attached hydrogen (secondary N) is 1. The maximum Gasteiger partial charge on any atom is 0.339 e. The summed E-state index contributed by atoms with van der Waals surface area (Å²) in [5.74, 6) is -0.191. The highest BCUT2D eigenvalue weighted by molar-refractivity contribution is 5.92. The fraction of sp³-hybridized carbons (Fsp3) is 0.200. The van der Waals surface area contributed by atoms with Crippen molar-refractivity contribution < 1.29 is 14.4 Å². The van der Waals surface area contributed by atoms with Crippen LogP contribution in [0.3, 0.4) is 0 Å². The van der Waals surface area contributed by atoms with Crippen LogP contribution < -0.4 is 5.32 Å². The number of hydrogen-bond donors (Lipinski definition) is 2. The Bertz CT molecular complexity index is 498. The molecule has 2 aromatic rings. The molecule has 2 aromatic heterocycles. The molecule has 0 aromatic carbocycles. The first-order valence-electron chi connectivity index (χ1n) is 4.95. The van der Waals surface area contributed by atoms with E-state index in [0.717, 1.165) is 0 Å². The van der Waals surface area contributed by atoms with Crippen molar-refractivity contribution in [1.29, 1.82) is 0 Å². The smallest absolute Gasteiger partial charge is 0.339 e. The largest absolute Gasteiger partial charge is 0.478 e. The molecule has 0 bridgehead atoms. The summed E-state index contributed by atoms with van der Waals surface area (Å²) in [5.41, 5.74) is 0.137. The third-order valence-corrected chi connectivity index (χ3v) is 2.08. The van der Waals surface area contributed by atoms with Gasteiger partial charge in [-0.15, -0.1) is 0 Å². The monoisotopic (exact) mass is 234 g/mol. The van der Waals surface area contributed by atoms with Gasteiger partial charge in [-0.25, -0.2) is 9.78 Å². The molecular formula is C10H10N4O3. The molecule has 0 fully saturated rings. The average Bonchev–Trinajstić information content (AvgIpc) is 2.82. The van der Waals surface area contributed by atoms with Crippen LogP contribution in [-0.4, -0.2) is 32.7 Å². The Labute approximate surface area is 96.5 Å². The molecule has 0 aliphatic carbocycles. The fourth-order valence-electron chi connectivity index (χ4n) is 1.31. The molecule has 2 rings (SSSR count). The second-order valence-corrected chi connectivity index (χ2v) is 3.22. The van der Waals surface area contributed by atoms with E-state index >= 15 is 0 Å². The summed E-state index contributed by atoms with van der Waals surface area (Å²) >= 11 is 0. The molecule has 0 unspecified atom stereocenters. The van der Waals surface area contributed by atoms with Gasteiger partial charge in [-0.2, -0.15) is 4.98 Å². The summed E-state index contributed by atoms with van der Waals surface area (Å²) in [6, 6.07) is 3.07. The minimum atomic E-state index is -1.02. The van der Waals surface area contributed by atoms with Crippen molar-refractivity contribution in [2.24, 2.45) is 0 Å². The molecule has 88 valence electrons. The molecule has 7 nitrogen and oxygen atoms in total. The van der Waals surface area contributed by atoms with Gasteiger partial charge in [0, 0.05) is 19.2 Å².